The van der Waals surface area contributed by atoms with E-state index in [9.17, 15) is 0 Å². The van der Waals surface area contributed by atoms with Gasteiger partial charge in [-0.25, -0.2) is 0 Å². The molecule has 0 bridgehead atoms. The number of fused-ring (bicyclic) bond motifs is 1. The first-order valence-corrected chi connectivity index (χ1v) is 8.12. The van der Waals surface area contributed by atoms with E-state index in [0.717, 1.165) is 37.2 Å². The summed E-state index contributed by atoms with van der Waals surface area (Å²) in [6, 6.07) is 11.1. The molecule has 2 aromatic rings. The Morgan fingerprint density at radius 2 is 2.19 bits per heavy atom. The number of para-hydroxylation sites is 1. The van der Waals surface area contributed by atoms with Crippen molar-refractivity contribution in [2.24, 2.45) is 0 Å². The number of benzene rings is 1. The van der Waals surface area contributed by atoms with Crippen LogP contribution < -0.4 is 5.32 Å². The number of nitrogens with one attached hydrogen (secondary N) is 1. The predicted molar refractivity (Wildman–Crippen MR) is 85.4 cm³/mol. The second-order valence-electron chi connectivity index (χ2n) is 6.08. The van der Waals surface area contributed by atoms with Crippen molar-refractivity contribution in [2.75, 3.05) is 6.61 Å². The molecule has 0 aliphatic carbocycles. The molecule has 3 heteroatoms. The molecule has 1 fully saturated rings. The molecule has 1 aromatic heterocycles. The van der Waals surface area contributed by atoms with Crippen molar-refractivity contribution in [3.8, 4) is 0 Å². The van der Waals surface area contributed by atoms with Crippen molar-refractivity contribution in [3.05, 3.63) is 36.1 Å². The topological polar surface area (TPSA) is 34.4 Å². The molecular formula is C18H25NO2. The molecule has 0 radical (unpaired) electrons. The Labute approximate surface area is 126 Å². The lowest BCUT2D eigenvalue weighted by Gasteiger charge is -2.31. The van der Waals surface area contributed by atoms with Gasteiger partial charge in [-0.2, -0.15) is 0 Å². The second-order valence-corrected chi connectivity index (χ2v) is 6.08. The Morgan fingerprint density at radius 1 is 1.33 bits per heavy atom. The Hall–Kier alpha value is -1.32. The van der Waals surface area contributed by atoms with Crippen LogP contribution in [0.1, 0.15) is 51.3 Å². The van der Waals surface area contributed by atoms with Gasteiger partial charge in [0.2, 0.25) is 0 Å². The minimum absolute atomic E-state index is 0.239. The lowest BCUT2D eigenvalue weighted by Crippen LogP contribution is -2.40. The van der Waals surface area contributed by atoms with Crippen LogP contribution in [0.2, 0.25) is 0 Å². The van der Waals surface area contributed by atoms with E-state index < -0.39 is 0 Å². The van der Waals surface area contributed by atoms with Gasteiger partial charge in [0.15, 0.2) is 0 Å². The Kier molecular flexibility index (Phi) is 4.61. The van der Waals surface area contributed by atoms with Gasteiger partial charge < -0.3 is 14.5 Å². The average molecular weight is 287 g/mol. The summed E-state index contributed by atoms with van der Waals surface area (Å²) in [4.78, 5) is 0. The van der Waals surface area contributed by atoms with Gasteiger partial charge in [0, 0.05) is 18.0 Å². The SMILES string of the molecule is CCCC1CC(NC(C)c2cc3ccccc3o2)CCO1. The van der Waals surface area contributed by atoms with Crippen molar-refractivity contribution in [1.29, 1.82) is 0 Å². The van der Waals surface area contributed by atoms with Crippen LogP contribution in [0.3, 0.4) is 0 Å². The Morgan fingerprint density at radius 3 is 3.00 bits per heavy atom. The van der Waals surface area contributed by atoms with Crippen LogP contribution >= 0.6 is 0 Å². The third-order valence-electron chi connectivity index (χ3n) is 4.33. The molecule has 0 spiro atoms. The maximum Gasteiger partial charge on any atom is 0.134 e. The van der Waals surface area contributed by atoms with Crippen LogP contribution in [0.15, 0.2) is 34.7 Å². The van der Waals surface area contributed by atoms with E-state index in [1.807, 2.05) is 18.2 Å². The maximum absolute atomic E-state index is 5.95. The molecule has 21 heavy (non-hydrogen) atoms. The van der Waals surface area contributed by atoms with Gasteiger partial charge in [-0.05, 0) is 38.3 Å². The fourth-order valence-electron chi connectivity index (χ4n) is 3.21. The summed E-state index contributed by atoms with van der Waals surface area (Å²) in [5, 5.41) is 4.89. The zero-order valence-corrected chi connectivity index (χ0v) is 13.0. The van der Waals surface area contributed by atoms with E-state index in [1.54, 1.807) is 0 Å². The normalized spacial score (nSPS) is 24.3. The zero-order valence-electron chi connectivity index (χ0n) is 13.0. The molecule has 3 nitrogen and oxygen atoms in total. The summed E-state index contributed by atoms with van der Waals surface area (Å²) in [5.41, 5.74) is 0.969. The maximum atomic E-state index is 5.95. The van der Waals surface area contributed by atoms with E-state index in [-0.39, 0.29) is 6.04 Å². The largest absolute Gasteiger partial charge is 0.459 e. The van der Waals surface area contributed by atoms with Crippen molar-refractivity contribution in [2.45, 2.75) is 57.7 Å². The molecule has 1 aliphatic rings. The fraction of sp³-hybridized carbons (Fsp3) is 0.556. The summed E-state index contributed by atoms with van der Waals surface area (Å²) in [6.07, 6.45) is 4.97. The van der Waals surface area contributed by atoms with E-state index in [0.29, 0.717) is 12.1 Å². The molecule has 0 saturated carbocycles. The first-order chi connectivity index (χ1) is 10.3. The monoisotopic (exact) mass is 287 g/mol. The Balaban J connectivity index is 1.63. The van der Waals surface area contributed by atoms with Gasteiger partial charge in [0.05, 0.1) is 12.1 Å². The molecular weight excluding hydrogens is 262 g/mol. The second kappa shape index (κ2) is 6.63. The van der Waals surface area contributed by atoms with Gasteiger partial charge >= 0.3 is 0 Å². The molecule has 2 heterocycles. The van der Waals surface area contributed by atoms with E-state index in [4.69, 9.17) is 9.15 Å². The highest BCUT2D eigenvalue weighted by molar-refractivity contribution is 5.77. The van der Waals surface area contributed by atoms with Crippen LogP contribution in [0.25, 0.3) is 11.0 Å². The van der Waals surface area contributed by atoms with Gasteiger partial charge in [-0.3, -0.25) is 0 Å². The molecule has 3 rings (SSSR count). The Bertz CT molecular complexity index is 542. The first-order valence-electron chi connectivity index (χ1n) is 8.12. The van der Waals surface area contributed by atoms with Crippen LogP contribution in [0.5, 0.6) is 0 Å². The van der Waals surface area contributed by atoms with Gasteiger partial charge in [0.25, 0.3) is 0 Å². The number of furan rings is 1. The minimum Gasteiger partial charge on any atom is -0.459 e. The first kappa shape index (κ1) is 14.6. The van der Waals surface area contributed by atoms with Crippen molar-refractivity contribution in [3.63, 3.8) is 0 Å². The van der Waals surface area contributed by atoms with Gasteiger partial charge in [0.1, 0.15) is 11.3 Å². The van der Waals surface area contributed by atoms with Crippen LogP contribution in [-0.2, 0) is 4.74 Å². The van der Waals surface area contributed by atoms with Crippen molar-refractivity contribution >= 4 is 11.0 Å². The van der Waals surface area contributed by atoms with Crippen LogP contribution in [-0.4, -0.2) is 18.8 Å². The molecule has 1 aliphatic heterocycles. The zero-order chi connectivity index (χ0) is 14.7. The standard InChI is InChI=1S/C18H25NO2/c1-3-6-16-12-15(9-10-20-16)19-13(2)18-11-14-7-4-5-8-17(14)21-18/h4-5,7-8,11,13,15-16,19H,3,6,9-10,12H2,1-2H3. The van der Waals surface area contributed by atoms with Gasteiger partial charge in [-0.15, -0.1) is 0 Å². The highest BCUT2D eigenvalue weighted by Crippen LogP contribution is 2.26. The molecule has 114 valence electrons. The van der Waals surface area contributed by atoms with Crippen molar-refractivity contribution < 1.29 is 9.15 Å². The highest BCUT2D eigenvalue weighted by atomic mass is 16.5. The van der Waals surface area contributed by atoms with E-state index in [1.165, 1.54) is 11.8 Å². The van der Waals surface area contributed by atoms with E-state index in [2.05, 4.69) is 31.3 Å². The molecule has 3 atom stereocenters. The fourth-order valence-corrected chi connectivity index (χ4v) is 3.21. The summed E-state index contributed by atoms with van der Waals surface area (Å²) >= 11 is 0. The minimum atomic E-state index is 0.239. The molecule has 0 amide bonds. The number of ether oxygens (including phenoxy) is 1. The third kappa shape index (κ3) is 3.47. The van der Waals surface area contributed by atoms with Gasteiger partial charge in [-0.1, -0.05) is 31.5 Å². The van der Waals surface area contributed by atoms with Crippen LogP contribution in [0.4, 0.5) is 0 Å². The summed E-state index contributed by atoms with van der Waals surface area (Å²) in [5.74, 6) is 1.02. The number of hydrogen-bond acceptors (Lipinski definition) is 3. The average Bonchev–Trinajstić information content (AvgIpc) is 2.92. The predicted octanol–water partition coefficient (Wildman–Crippen LogP) is 4.43. The quantitative estimate of drug-likeness (QED) is 0.883. The smallest absolute Gasteiger partial charge is 0.134 e. The molecule has 1 saturated heterocycles. The van der Waals surface area contributed by atoms with Crippen LogP contribution in [0, 0.1) is 0 Å². The summed E-state index contributed by atoms with van der Waals surface area (Å²) in [7, 11) is 0. The summed E-state index contributed by atoms with van der Waals surface area (Å²) < 4.78 is 11.8. The lowest BCUT2D eigenvalue weighted by atomic mass is 9.99. The number of rotatable bonds is 5. The van der Waals surface area contributed by atoms with Crippen molar-refractivity contribution in [1.82, 2.24) is 5.32 Å². The third-order valence-corrected chi connectivity index (χ3v) is 4.33. The van der Waals surface area contributed by atoms with E-state index >= 15 is 0 Å². The molecule has 3 unspecified atom stereocenters. The summed E-state index contributed by atoms with van der Waals surface area (Å²) in [6.45, 7) is 5.27. The molecule has 1 N–H and O–H groups in total. The highest BCUT2D eigenvalue weighted by Gasteiger charge is 2.24. The lowest BCUT2D eigenvalue weighted by molar-refractivity contribution is -0.00508. The molecule has 1 aromatic carbocycles. The number of hydrogen-bond donors (Lipinski definition) is 1.